The Morgan fingerprint density at radius 3 is 2.38 bits per heavy atom. The summed E-state index contributed by atoms with van der Waals surface area (Å²) < 4.78 is 0. The minimum absolute atomic E-state index is 0.746. The van der Waals surface area contributed by atoms with Gasteiger partial charge in [0.1, 0.15) is 0 Å². The lowest BCUT2D eigenvalue weighted by Crippen LogP contribution is -2.32. The van der Waals surface area contributed by atoms with E-state index in [0.29, 0.717) is 0 Å². The average Bonchev–Trinajstić information content (AvgIpc) is 2.03. The van der Waals surface area contributed by atoms with Gasteiger partial charge in [0.05, 0.1) is 4.92 Å². The molecule has 1 aliphatic rings. The number of carbonyl (C=O) groups excluding carboxylic acids is 1. The average molecular weight is 184 g/mol. The molecule has 0 aromatic rings. The smallest absolute Gasteiger partial charge is 0.279 e. The Bertz CT molecular complexity index is 343. The highest BCUT2D eigenvalue weighted by Gasteiger charge is 2.38. The zero-order chi connectivity index (χ0) is 10.0. The second kappa shape index (κ2) is 3.13. The Labute approximate surface area is 71.6 Å². The molecule has 0 saturated heterocycles. The summed E-state index contributed by atoms with van der Waals surface area (Å²) in [5, 5.41) is 20.4. The zero-order valence-corrected chi connectivity index (χ0v) is 6.25. The van der Waals surface area contributed by atoms with Gasteiger partial charge in [-0.1, -0.05) is 6.08 Å². The van der Waals surface area contributed by atoms with Gasteiger partial charge in [-0.2, -0.15) is 0 Å². The lowest BCUT2D eigenvalue weighted by atomic mass is 10.1. The Morgan fingerprint density at radius 1 is 1.31 bits per heavy atom. The van der Waals surface area contributed by atoms with E-state index in [1.165, 1.54) is 0 Å². The van der Waals surface area contributed by atoms with E-state index in [-0.39, 0.29) is 0 Å². The minimum atomic E-state index is -1.62. The predicted octanol–water partition coefficient (Wildman–Crippen LogP) is -0.0688. The summed E-state index contributed by atoms with van der Waals surface area (Å²) in [6.07, 6.45) is 3.09. The Morgan fingerprint density at radius 2 is 1.92 bits per heavy atom. The number of ketones is 1. The van der Waals surface area contributed by atoms with Gasteiger partial charge in [-0.05, 0) is 6.08 Å². The molecule has 0 saturated carbocycles. The molecule has 0 aromatic carbocycles. The molecule has 1 rings (SSSR count). The molecule has 1 atom stereocenters. The van der Waals surface area contributed by atoms with E-state index in [9.17, 15) is 25.0 Å². The van der Waals surface area contributed by atoms with Gasteiger partial charge >= 0.3 is 11.5 Å². The number of carbonyl (C=O) groups is 1. The van der Waals surface area contributed by atoms with Gasteiger partial charge in [0.2, 0.25) is 0 Å². The summed E-state index contributed by atoms with van der Waals surface area (Å²) in [6.45, 7) is 0. The Balaban J connectivity index is 3.00. The molecule has 0 aromatic heterocycles. The van der Waals surface area contributed by atoms with Crippen molar-refractivity contribution in [3.8, 4) is 0 Å². The summed E-state index contributed by atoms with van der Waals surface area (Å²) in [4.78, 5) is 29.6. The molecule has 0 spiro atoms. The minimum Gasteiger partial charge on any atom is -0.279 e. The van der Waals surface area contributed by atoms with Gasteiger partial charge in [0.25, 0.3) is 6.04 Å². The van der Waals surface area contributed by atoms with E-state index in [1.807, 2.05) is 0 Å². The number of hydrogen-bond donors (Lipinski definition) is 0. The lowest BCUT2D eigenvalue weighted by molar-refractivity contribution is -0.498. The monoisotopic (exact) mass is 184 g/mol. The van der Waals surface area contributed by atoms with Gasteiger partial charge in [0.15, 0.2) is 0 Å². The highest BCUT2D eigenvalue weighted by molar-refractivity contribution is 5.99. The fourth-order valence-corrected chi connectivity index (χ4v) is 0.890. The summed E-state index contributed by atoms with van der Waals surface area (Å²) in [5.74, 6) is -1.09. The SMILES string of the molecule is O=C1C([N+](=O)[O-])=CC=CC1[N+](=O)[O-]. The summed E-state index contributed by atoms with van der Waals surface area (Å²) in [7, 11) is 0. The third-order valence-corrected chi connectivity index (χ3v) is 1.49. The fraction of sp³-hybridized carbons (Fsp3) is 0.167. The Kier molecular flexibility index (Phi) is 2.18. The number of nitrogens with zero attached hydrogens (tertiary/aromatic N) is 2. The lowest BCUT2D eigenvalue weighted by Gasteiger charge is -2.04. The van der Waals surface area contributed by atoms with Gasteiger partial charge in [-0.15, -0.1) is 0 Å². The molecular formula is C6H4N2O5. The first-order valence-electron chi connectivity index (χ1n) is 3.24. The molecule has 1 aliphatic carbocycles. The highest BCUT2D eigenvalue weighted by Crippen LogP contribution is 2.11. The van der Waals surface area contributed by atoms with E-state index in [0.717, 1.165) is 18.2 Å². The van der Waals surface area contributed by atoms with Crippen LogP contribution in [0.4, 0.5) is 0 Å². The van der Waals surface area contributed by atoms with Crippen LogP contribution in [0.2, 0.25) is 0 Å². The number of allylic oxidation sites excluding steroid dienone is 2. The quantitative estimate of drug-likeness (QED) is 0.441. The molecule has 7 nitrogen and oxygen atoms in total. The van der Waals surface area contributed by atoms with E-state index in [2.05, 4.69) is 0 Å². The van der Waals surface area contributed by atoms with E-state index in [1.54, 1.807) is 0 Å². The molecule has 0 heterocycles. The van der Waals surface area contributed by atoms with E-state index in [4.69, 9.17) is 0 Å². The number of hydrogen-bond acceptors (Lipinski definition) is 5. The molecule has 0 bridgehead atoms. The van der Waals surface area contributed by atoms with Crippen LogP contribution in [0, 0.1) is 20.2 Å². The third-order valence-electron chi connectivity index (χ3n) is 1.49. The van der Waals surface area contributed by atoms with Crippen LogP contribution >= 0.6 is 0 Å². The second-order valence-electron chi connectivity index (χ2n) is 2.29. The molecule has 0 fully saturated rings. The van der Waals surface area contributed by atoms with Crippen molar-refractivity contribution in [3.63, 3.8) is 0 Å². The maximum Gasteiger partial charge on any atom is 0.319 e. The van der Waals surface area contributed by atoms with Crippen LogP contribution in [0.15, 0.2) is 23.9 Å². The van der Waals surface area contributed by atoms with Crippen LogP contribution in [0.25, 0.3) is 0 Å². The Hall–Kier alpha value is -2.05. The summed E-state index contributed by atoms with van der Waals surface area (Å²) in [6, 6.07) is -1.62. The number of nitro groups is 2. The zero-order valence-electron chi connectivity index (χ0n) is 6.25. The molecular weight excluding hydrogens is 180 g/mol. The fourth-order valence-electron chi connectivity index (χ4n) is 0.890. The van der Waals surface area contributed by atoms with Crippen LogP contribution in [0.3, 0.4) is 0 Å². The normalized spacial score (nSPS) is 21.1. The predicted molar refractivity (Wildman–Crippen MR) is 40.0 cm³/mol. The highest BCUT2D eigenvalue weighted by atomic mass is 16.6. The van der Waals surface area contributed by atoms with Gasteiger partial charge in [-0.3, -0.25) is 25.0 Å². The van der Waals surface area contributed by atoms with Crippen molar-refractivity contribution in [2.45, 2.75) is 6.04 Å². The standard InChI is InChI=1S/C6H4N2O5/c9-6-4(7(10)11)2-1-3-5(6)8(12)13/h1-4H. The molecule has 0 aliphatic heterocycles. The van der Waals surface area contributed by atoms with E-state index >= 15 is 0 Å². The van der Waals surface area contributed by atoms with Crippen molar-refractivity contribution in [2.75, 3.05) is 0 Å². The third kappa shape index (κ3) is 1.58. The largest absolute Gasteiger partial charge is 0.319 e. The van der Waals surface area contributed by atoms with Crippen molar-refractivity contribution in [1.29, 1.82) is 0 Å². The maximum absolute atomic E-state index is 11.0. The van der Waals surface area contributed by atoms with E-state index < -0.39 is 27.4 Å². The maximum atomic E-state index is 11.0. The topological polar surface area (TPSA) is 103 Å². The van der Waals surface area contributed by atoms with Crippen molar-refractivity contribution < 1.29 is 14.6 Å². The van der Waals surface area contributed by atoms with Gasteiger partial charge in [-0.25, -0.2) is 0 Å². The summed E-state index contributed by atoms with van der Waals surface area (Å²) in [5.41, 5.74) is -0.746. The van der Waals surface area contributed by atoms with Crippen molar-refractivity contribution >= 4 is 5.78 Å². The first-order valence-corrected chi connectivity index (χ1v) is 3.24. The van der Waals surface area contributed by atoms with Crippen LogP contribution in [-0.4, -0.2) is 21.7 Å². The summed E-state index contributed by atoms with van der Waals surface area (Å²) >= 11 is 0. The van der Waals surface area contributed by atoms with Gasteiger partial charge in [0, 0.05) is 11.0 Å². The van der Waals surface area contributed by atoms with Crippen molar-refractivity contribution in [1.82, 2.24) is 0 Å². The van der Waals surface area contributed by atoms with Crippen LogP contribution in [-0.2, 0) is 4.79 Å². The molecule has 7 heteroatoms. The van der Waals surface area contributed by atoms with Crippen molar-refractivity contribution in [2.24, 2.45) is 0 Å². The molecule has 0 radical (unpaired) electrons. The first-order chi connectivity index (χ1) is 6.04. The molecule has 1 unspecified atom stereocenters. The van der Waals surface area contributed by atoms with Crippen LogP contribution in [0.5, 0.6) is 0 Å². The van der Waals surface area contributed by atoms with Gasteiger partial charge < -0.3 is 0 Å². The first kappa shape index (κ1) is 9.04. The number of Topliss-reactive ketones (excluding diaryl/α,β-unsaturated/α-hetero) is 1. The van der Waals surface area contributed by atoms with Crippen LogP contribution in [0.1, 0.15) is 0 Å². The second-order valence-corrected chi connectivity index (χ2v) is 2.29. The van der Waals surface area contributed by atoms with Crippen molar-refractivity contribution in [3.05, 3.63) is 44.2 Å². The molecule has 68 valence electrons. The molecule has 0 amide bonds. The molecule has 0 N–H and O–H groups in total. The molecule has 13 heavy (non-hydrogen) atoms. The number of rotatable bonds is 2. The van der Waals surface area contributed by atoms with Crippen LogP contribution < -0.4 is 0 Å².